The SMILES string of the molecule is Cc1c(Br)cc2[nH]ncc2c1NC1CCOCC1. The number of ether oxygens (including phenoxy) is 1. The van der Waals surface area contributed by atoms with Crippen LogP contribution in [0.1, 0.15) is 18.4 Å². The summed E-state index contributed by atoms with van der Waals surface area (Å²) in [5, 5.41) is 12.0. The zero-order valence-electron chi connectivity index (χ0n) is 10.3. The first-order chi connectivity index (χ1) is 8.75. The molecule has 0 amide bonds. The monoisotopic (exact) mass is 309 g/mol. The summed E-state index contributed by atoms with van der Waals surface area (Å²) in [5.74, 6) is 0. The number of anilines is 1. The summed E-state index contributed by atoms with van der Waals surface area (Å²) in [5.41, 5.74) is 3.47. The van der Waals surface area contributed by atoms with Gasteiger partial charge in [-0.25, -0.2) is 0 Å². The lowest BCUT2D eigenvalue weighted by Crippen LogP contribution is -2.28. The molecule has 4 nitrogen and oxygen atoms in total. The standard InChI is InChI=1S/C13H16BrN3O/c1-8-11(14)6-12-10(7-15-17-12)13(8)16-9-2-4-18-5-3-9/h6-7,9,16H,2-5H2,1H3,(H,15,17). The van der Waals surface area contributed by atoms with E-state index in [1.54, 1.807) is 0 Å². The third-order valence-electron chi connectivity index (χ3n) is 3.51. The van der Waals surface area contributed by atoms with Crippen molar-refractivity contribution in [2.75, 3.05) is 18.5 Å². The van der Waals surface area contributed by atoms with Gasteiger partial charge in [0.05, 0.1) is 11.7 Å². The maximum atomic E-state index is 5.40. The highest BCUT2D eigenvalue weighted by Gasteiger charge is 2.17. The van der Waals surface area contributed by atoms with Crippen LogP contribution >= 0.6 is 15.9 Å². The Labute approximate surface area is 114 Å². The molecule has 1 aromatic carbocycles. The van der Waals surface area contributed by atoms with E-state index in [1.165, 1.54) is 11.3 Å². The van der Waals surface area contributed by atoms with Crippen LogP contribution in [0.3, 0.4) is 0 Å². The van der Waals surface area contributed by atoms with E-state index in [0.717, 1.165) is 41.4 Å². The van der Waals surface area contributed by atoms with E-state index < -0.39 is 0 Å². The average molecular weight is 310 g/mol. The maximum Gasteiger partial charge on any atom is 0.0682 e. The molecular weight excluding hydrogens is 294 g/mol. The number of halogens is 1. The summed E-state index contributed by atoms with van der Waals surface area (Å²) in [7, 11) is 0. The van der Waals surface area contributed by atoms with Crippen LogP contribution in [-0.2, 0) is 4.74 Å². The molecule has 0 radical (unpaired) electrons. The predicted molar refractivity (Wildman–Crippen MR) is 76.0 cm³/mol. The predicted octanol–water partition coefficient (Wildman–Crippen LogP) is 3.22. The minimum Gasteiger partial charge on any atom is -0.381 e. The molecule has 1 saturated heterocycles. The van der Waals surface area contributed by atoms with E-state index in [9.17, 15) is 0 Å². The number of nitrogens with one attached hydrogen (secondary N) is 2. The van der Waals surface area contributed by atoms with Crippen LogP contribution in [0.15, 0.2) is 16.7 Å². The van der Waals surface area contributed by atoms with Crippen molar-refractivity contribution in [3.8, 4) is 0 Å². The lowest BCUT2D eigenvalue weighted by molar-refractivity contribution is 0.0904. The first-order valence-electron chi connectivity index (χ1n) is 6.22. The third-order valence-corrected chi connectivity index (χ3v) is 4.34. The fraction of sp³-hybridized carbons (Fsp3) is 0.462. The van der Waals surface area contributed by atoms with Crippen LogP contribution < -0.4 is 5.32 Å². The molecule has 5 heteroatoms. The highest BCUT2D eigenvalue weighted by Crippen LogP contribution is 2.33. The zero-order chi connectivity index (χ0) is 12.5. The second-order valence-corrected chi connectivity index (χ2v) is 5.57. The molecule has 0 atom stereocenters. The lowest BCUT2D eigenvalue weighted by atomic mass is 10.1. The van der Waals surface area contributed by atoms with E-state index in [-0.39, 0.29) is 0 Å². The molecular formula is C13H16BrN3O. The second kappa shape index (κ2) is 4.90. The van der Waals surface area contributed by atoms with Crippen molar-refractivity contribution >= 4 is 32.5 Å². The molecule has 2 aromatic rings. The molecule has 3 rings (SSSR count). The molecule has 1 aliphatic rings. The molecule has 1 aliphatic heterocycles. The minimum atomic E-state index is 0.491. The number of nitrogens with zero attached hydrogens (tertiary/aromatic N) is 1. The Morgan fingerprint density at radius 3 is 3.00 bits per heavy atom. The van der Waals surface area contributed by atoms with Gasteiger partial charge in [-0.15, -0.1) is 0 Å². The number of rotatable bonds is 2. The molecule has 2 heterocycles. The van der Waals surface area contributed by atoms with Gasteiger partial charge in [0.2, 0.25) is 0 Å². The van der Waals surface area contributed by atoms with Gasteiger partial charge in [0.15, 0.2) is 0 Å². The number of aromatic nitrogens is 2. The van der Waals surface area contributed by atoms with E-state index in [0.29, 0.717) is 6.04 Å². The lowest BCUT2D eigenvalue weighted by Gasteiger charge is -2.25. The van der Waals surface area contributed by atoms with Crippen LogP contribution in [0, 0.1) is 6.92 Å². The van der Waals surface area contributed by atoms with Gasteiger partial charge in [-0.3, -0.25) is 5.10 Å². The molecule has 1 aromatic heterocycles. The summed E-state index contributed by atoms with van der Waals surface area (Å²) in [4.78, 5) is 0. The van der Waals surface area contributed by atoms with Crippen LogP contribution in [0.2, 0.25) is 0 Å². The van der Waals surface area contributed by atoms with Crippen molar-refractivity contribution in [1.29, 1.82) is 0 Å². The number of hydrogen-bond donors (Lipinski definition) is 2. The van der Waals surface area contributed by atoms with Crippen molar-refractivity contribution in [2.45, 2.75) is 25.8 Å². The van der Waals surface area contributed by atoms with Crippen molar-refractivity contribution in [1.82, 2.24) is 10.2 Å². The Balaban J connectivity index is 1.98. The van der Waals surface area contributed by atoms with Gasteiger partial charge in [-0.1, -0.05) is 15.9 Å². The third kappa shape index (κ3) is 2.12. The Morgan fingerprint density at radius 2 is 2.22 bits per heavy atom. The van der Waals surface area contributed by atoms with E-state index >= 15 is 0 Å². The molecule has 1 fully saturated rings. The Morgan fingerprint density at radius 1 is 1.44 bits per heavy atom. The molecule has 0 aliphatic carbocycles. The van der Waals surface area contributed by atoms with Crippen molar-refractivity contribution in [3.63, 3.8) is 0 Å². The van der Waals surface area contributed by atoms with Gasteiger partial charge in [-0.2, -0.15) is 5.10 Å². The van der Waals surface area contributed by atoms with Crippen molar-refractivity contribution < 1.29 is 4.74 Å². The fourth-order valence-electron chi connectivity index (χ4n) is 2.39. The van der Waals surface area contributed by atoms with Crippen LogP contribution in [0.25, 0.3) is 10.9 Å². The van der Waals surface area contributed by atoms with E-state index in [4.69, 9.17) is 4.74 Å². The maximum absolute atomic E-state index is 5.40. The second-order valence-electron chi connectivity index (χ2n) is 4.72. The summed E-state index contributed by atoms with van der Waals surface area (Å²) in [6.45, 7) is 3.82. The van der Waals surface area contributed by atoms with Gasteiger partial charge in [0.1, 0.15) is 0 Å². The molecule has 2 N–H and O–H groups in total. The van der Waals surface area contributed by atoms with Gasteiger partial charge in [0.25, 0.3) is 0 Å². The fourth-order valence-corrected chi connectivity index (χ4v) is 2.82. The number of benzene rings is 1. The quantitative estimate of drug-likeness (QED) is 0.895. The Kier molecular flexibility index (Phi) is 3.26. The summed E-state index contributed by atoms with van der Waals surface area (Å²) in [6, 6.07) is 2.57. The summed E-state index contributed by atoms with van der Waals surface area (Å²) >= 11 is 3.60. The summed E-state index contributed by atoms with van der Waals surface area (Å²) in [6.07, 6.45) is 4.01. The van der Waals surface area contributed by atoms with Crippen molar-refractivity contribution in [3.05, 3.63) is 22.3 Å². The largest absolute Gasteiger partial charge is 0.381 e. The minimum absolute atomic E-state index is 0.491. The van der Waals surface area contributed by atoms with Crippen molar-refractivity contribution in [2.24, 2.45) is 0 Å². The zero-order valence-corrected chi connectivity index (χ0v) is 11.9. The number of aromatic amines is 1. The molecule has 0 saturated carbocycles. The van der Waals surface area contributed by atoms with Gasteiger partial charge < -0.3 is 10.1 Å². The number of H-pyrrole nitrogens is 1. The molecule has 0 bridgehead atoms. The number of fused-ring (bicyclic) bond motifs is 1. The van der Waals surface area contributed by atoms with Gasteiger partial charge >= 0.3 is 0 Å². The van der Waals surface area contributed by atoms with Gasteiger partial charge in [-0.05, 0) is 31.4 Å². The highest BCUT2D eigenvalue weighted by molar-refractivity contribution is 9.10. The normalized spacial score (nSPS) is 17.2. The smallest absolute Gasteiger partial charge is 0.0682 e. The molecule has 18 heavy (non-hydrogen) atoms. The Hall–Kier alpha value is -1.07. The first-order valence-corrected chi connectivity index (χ1v) is 7.01. The number of hydrogen-bond acceptors (Lipinski definition) is 3. The van der Waals surface area contributed by atoms with E-state index in [1.807, 2.05) is 6.20 Å². The Bertz CT molecular complexity index is 561. The van der Waals surface area contributed by atoms with E-state index in [2.05, 4.69) is 44.4 Å². The summed E-state index contributed by atoms with van der Waals surface area (Å²) < 4.78 is 6.50. The van der Waals surface area contributed by atoms with Gasteiger partial charge in [0, 0.05) is 34.8 Å². The molecule has 96 valence electrons. The topological polar surface area (TPSA) is 49.9 Å². The first kappa shape index (κ1) is 12.0. The van der Waals surface area contributed by atoms with Crippen LogP contribution in [0.5, 0.6) is 0 Å². The van der Waals surface area contributed by atoms with Crippen LogP contribution in [-0.4, -0.2) is 29.5 Å². The highest BCUT2D eigenvalue weighted by atomic mass is 79.9. The van der Waals surface area contributed by atoms with Crippen LogP contribution in [0.4, 0.5) is 5.69 Å². The molecule has 0 unspecified atom stereocenters. The molecule has 0 spiro atoms. The average Bonchev–Trinajstić information content (AvgIpc) is 2.84.